The van der Waals surface area contributed by atoms with Crippen molar-refractivity contribution in [3.8, 4) is 0 Å². The third-order valence-corrected chi connectivity index (χ3v) is 4.51. The lowest BCUT2D eigenvalue weighted by molar-refractivity contribution is -0.151. The zero-order chi connectivity index (χ0) is 16.9. The van der Waals surface area contributed by atoms with Crippen LogP contribution in [-0.2, 0) is 19.0 Å². The van der Waals surface area contributed by atoms with E-state index in [-0.39, 0.29) is 24.3 Å². The van der Waals surface area contributed by atoms with Crippen molar-refractivity contribution in [1.29, 1.82) is 0 Å². The highest BCUT2D eigenvalue weighted by atomic mass is 19.1. The van der Waals surface area contributed by atoms with E-state index in [1.54, 1.807) is 13.0 Å². The number of carbonyl (C=O) groups excluding carboxylic acids is 1. The first-order valence-electron chi connectivity index (χ1n) is 8.57. The summed E-state index contributed by atoms with van der Waals surface area (Å²) in [6.07, 6.45) is 1.37. The van der Waals surface area contributed by atoms with Gasteiger partial charge in [-0.2, -0.15) is 0 Å². The topological polar surface area (TPSA) is 48.0 Å². The molecule has 2 atom stereocenters. The van der Waals surface area contributed by atoms with Gasteiger partial charge in [-0.1, -0.05) is 6.07 Å². The highest BCUT2D eigenvalue weighted by molar-refractivity contribution is 5.71. The van der Waals surface area contributed by atoms with Gasteiger partial charge in [0.2, 0.25) is 0 Å². The number of anilines is 1. The first kappa shape index (κ1) is 17.2. The van der Waals surface area contributed by atoms with Crippen LogP contribution in [0.1, 0.15) is 37.9 Å². The summed E-state index contributed by atoms with van der Waals surface area (Å²) >= 11 is 0. The number of ether oxygens (including phenoxy) is 3. The molecule has 2 unspecified atom stereocenters. The second-order valence-corrected chi connectivity index (χ2v) is 6.24. The number of benzene rings is 1. The SMILES string of the molecule is CC(OC(=O)CC1CCCO1)c1c(F)cccc1N1CCOCC1. The Morgan fingerprint density at radius 3 is 2.88 bits per heavy atom. The van der Waals surface area contributed by atoms with Crippen molar-refractivity contribution in [1.82, 2.24) is 0 Å². The summed E-state index contributed by atoms with van der Waals surface area (Å²) in [5.41, 5.74) is 1.20. The lowest BCUT2D eigenvalue weighted by Crippen LogP contribution is -2.37. The molecule has 2 fully saturated rings. The van der Waals surface area contributed by atoms with Gasteiger partial charge in [-0.25, -0.2) is 4.39 Å². The van der Waals surface area contributed by atoms with Gasteiger partial charge < -0.3 is 19.1 Å². The number of nitrogens with zero attached hydrogens (tertiary/aromatic N) is 1. The van der Waals surface area contributed by atoms with Gasteiger partial charge in [0, 0.05) is 25.4 Å². The highest BCUT2D eigenvalue weighted by Crippen LogP contribution is 2.32. The molecule has 1 aromatic carbocycles. The van der Waals surface area contributed by atoms with Gasteiger partial charge in [0.25, 0.3) is 0 Å². The molecule has 3 rings (SSSR count). The van der Waals surface area contributed by atoms with E-state index < -0.39 is 6.10 Å². The van der Waals surface area contributed by atoms with Crippen LogP contribution >= 0.6 is 0 Å². The minimum Gasteiger partial charge on any atom is -0.458 e. The van der Waals surface area contributed by atoms with Crippen molar-refractivity contribution in [2.75, 3.05) is 37.8 Å². The van der Waals surface area contributed by atoms with Gasteiger partial charge >= 0.3 is 5.97 Å². The molecule has 2 heterocycles. The van der Waals surface area contributed by atoms with Gasteiger partial charge in [-0.15, -0.1) is 0 Å². The number of hydrogen-bond donors (Lipinski definition) is 0. The minimum atomic E-state index is -0.641. The molecule has 0 bridgehead atoms. The fourth-order valence-corrected chi connectivity index (χ4v) is 3.30. The van der Waals surface area contributed by atoms with Crippen LogP contribution < -0.4 is 4.90 Å². The number of esters is 1. The van der Waals surface area contributed by atoms with Crippen LogP contribution in [0.4, 0.5) is 10.1 Å². The second kappa shape index (κ2) is 7.94. The van der Waals surface area contributed by atoms with E-state index in [0.29, 0.717) is 38.5 Å². The first-order chi connectivity index (χ1) is 11.6. The van der Waals surface area contributed by atoms with Gasteiger partial charge in [0.15, 0.2) is 0 Å². The lowest BCUT2D eigenvalue weighted by atomic mass is 10.1. The monoisotopic (exact) mass is 337 g/mol. The number of carbonyl (C=O) groups is 1. The molecule has 0 amide bonds. The standard InChI is InChI=1S/C18H24FNO4/c1-13(24-17(21)12-14-4-3-9-23-14)18-15(19)5-2-6-16(18)20-7-10-22-11-8-20/h2,5-6,13-14H,3-4,7-12H2,1H3. The van der Waals surface area contributed by atoms with Gasteiger partial charge in [0.05, 0.1) is 31.3 Å². The molecule has 2 aliphatic rings. The second-order valence-electron chi connectivity index (χ2n) is 6.24. The van der Waals surface area contributed by atoms with E-state index in [4.69, 9.17) is 14.2 Å². The van der Waals surface area contributed by atoms with Crippen LogP contribution in [0.3, 0.4) is 0 Å². The summed E-state index contributed by atoms with van der Waals surface area (Å²) in [6.45, 7) is 5.05. The Morgan fingerprint density at radius 2 is 2.17 bits per heavy atom. The van der Waals surface area contributed by atoms with Crippen molar-refractivity contribution in [2.24, 2.45) is 0 Å². The number of hydrogen-bond acceptors (Lipinski definition) is 5. The first-order valence-corrected chi connectivity index (χ1v) is 8.57. The molecule has 0 N–H and O–H groups in total. The van der Waals surface area contributed by atoms with Crippen LogP contribution in [0.5, 0.6) is 0 Å². The van der Waals surface area contributed by atoms with Crippen molar-refractivity contribution in [3.63, 3.8) is 0 Å². The fraction of sp³-hybridized carbons (Fsp3) is 0.611. The van der Waals surface area contributed by atoms with Crippen molar-refractivity contribution in [2.45, 2.75) is 38.4 Å². The van der Waals surface area contributed by atoms with Crippen molar-refractivity contribution >= 4 is 11.7 Å². The van der Waals surface area contributed by atoms with Crippen LogP contribution in [0.2, 0.25) is 0 Å². The molecule has 2 saturated heterocycles. The quantitative estimate of drug-likeness (QED) is 0.773. The third-order valence-electron chi connectivity index (χ3n) is 4.51. The molecule has 132 valence electrons. The van der Waals surface area contributed by atoms with E-state index in [0.717, 1.165) is 18.5 Å². The number of halogens is 1. The van der Waals surface area contributed by atoms with E-state index in [2.05, 4.69) is 4.90 Å². The summed E-state index contributed by atoms with van der Waals surface area (Å²) in [5.74, 6) is -0.693. The third kappa shape index (κ3) is 4.05. The summed E-state index contributed by atoms with van der Waals surface area (Å²) in [7, 11) is 0. The van der Waals surface area contributed by atoms with Gasteiger partial charge in [-0.05, 0) is 31.9 Å². The molecule has 0 aliphatic carbocycles. The normalized spacial score (nSPS) is 22.4. The van der Waals surface area contributed by atoms with E-state index in [1.807, 2.05) is 6.07 Å². The highest BCUT2D eigenvalue weighted by Gasteiger charge is 2.26. The zero-order valence-electron chi connectivity index (χ0n) is 14.0. The average Bonchev–Trinajstić information content (AvgIpc) is 3.08. The van der Waals surface area contributed by atoms with Gasteiger partial charge in [-0.3, -0.25) is 4.79 Å². The van der Waals surface area contributed by atoms with Crippen LogP contribution in [0, 0.1) is 5.82 Å². The molecule has 24 heavy (non-hydrogen) atoms. The molecular formula is C18H24FNO4. The van der Waals surface area contributed by atoms with Crippen molar-refractivity contribution < 1.29 is 23.4 Å². The molecular weight excluding hydrogens is 313 g/mol. The van der Waals surface area contributed by atoms with Gasteiger partial charge in [0.1, 0.15) is 11.9 Å². The molecule has 1 aromatic rings. The maximum absolute atomic E-state index is 14.4. The summed E-state index contributed by atoms with van der Waals surface area (Å²) in [4.78, 5) is 14.2. The Kier molecular flexibility index (Phi) is 5.68. The maximum Gasteiger partial charge on any atom is 0.309 e. The molecule has 5 nitrogen and oxygen atoms in total. The molecule has 0 radical (unpaired) electrons. The summed E-state index contributed by atoms with van der Waals surface area (Å²) < 4.78 is 30.7. The van der Waals surface area contributed by atoms with E-state index >= 15 is 0 Å². The molecule has 0 saturated carbocycles. The van der Waals surface area contributed by atoms with Crippen molar-refractivity contribution in [3.05, 3.63) is 29.6 Å². The number of morpholine rings is 1. The Bertz CT molecular complexity index is 568. The Hall–Kier alpha value is -1.66. The fourth-order valence-electron chi connectivity index (χ4n) is 3.30. The lowest BCUT2D eigenvalue weighted by Gasteiger charge is -2.32. The molecule has 0 aromatic heterocycles. The van der Waals surface area contributed by atoms with Crippen LogP contribution in [0.15, 0.2) is 18.2 Å². The predicted octanol–water partition coefficient (Wildman–Crippen LogP) is 2.84. The predicted molar refractivity (Wildman–Crippen MR) is 87.5 cm³/mol. The largest absolute Gasteiger partial charge is 0.458 e. The Morgan fingerprint density at radius 1 is 1.38 bits per heavy atom. The molecule has 6 heteroatoms. The van der Waals surface area contributed by atoms with Crippen LogP contribution in [-0.4, -0.2) is 45.0 Å². The summed E-state index contributed by atoms with van der Waals surface area (Å²) in [6, 6.07) is 4.96. The number of rotatable bonds is 5. The Balaban J connectivity index is 1.70. The smallest absolute Gasteiger partial charge is 0.309 e. The van der Waals surface area contributed by atoms with E-state index in [9.17, 15) is 9.18 Å². The van der Waals surface area contributed by atoms with E-state index in [1.165, 1.54) is 6.07 Å². The average molecular weight is 337 g/mol. The Labute approximate surface area is 141 Å². The maximum atomic E-state index is 14.4. The molecule has 0 spiro atoms. The zero-order valence-corrected chi connectivity index (χ0v) is 14.0. The minimum absolute atomic E-state index is 0.0657. The molecule has 2 aliphatic heterocycles. The summed E-state index contributed by atoms with van der Waals surface area (Å²) in [5, 5.41) is 0. The van der Waals surface area contributed by atoms with Crippen LogP contribution in [0.25, 0.3) is 0 Å².